The largest absolute Gasteiger partial charge is 0.464 e. The van der Waals surface area contributed by atoms with Gasteiger partial charge in [-0.3, -0.25) is 4.79 Å². The van der Waals surface area contributed by atoms with Crippen molar-refractivity contribution in [3.63, 3.8) is 0 Å². The first-order valence-electron chi connectivity index (χ1n) is 9.89. The van der Waals surface area contributed by atoms with E-state index < -0.39 is 0 Å². The molecule has 1 fully saturated rings. The van der Waals surface area contributed by atoms with E-state index in [2.05, 4.69) is 30.1 Å². The summed E-state index contributed by atoms with van der Waals surface area (Å²) in [6, 6.07) is 5.94. The maximum absolute atomic E-state index is 12.1. The molecule has 1 aliphatic rings. The number of anilines is 1. The number of rotatable bonds is 7. The van der Waals surface area contributed by atoms with Gasteiger partial charge in [0.25, 0.3) is 0 Å². The summed E-state index contributed by atoms with van der Waals surface area (Å²) in [6.07, 6.45) is 10.8. The molecule has 1 N–H and O–H groups in total. The number of carbonyl (C=O) groups excluding carboxylic acids is 1. The van der Waals surface area contributed by atoms with Crippen LogP contribution in [0.4, 0.5) is 5.69 Å². The molecule has 0 spiro atoms. The molecule has 0 atom stereocenters. The predicted molar refractivity (Wildman–Crippen MR) is 108 cm³/mol. The van der Waals surface area contributed by atoms with Crippen LogP contribution in [0.1, 0.15) is 57.4 Å². The van der Waals surface area contributed by atoms with E-state index in [0.717, 1.165) is 36.2 Å². The fraction of sp³-hybridized carbons (Fsp3) is 0.500. The number of hydrogen-bond donors (Lipinski definition) is 1. The molecule has 140 valence electrons. The van der Waals surface area contributed by atoms with Gasteiger partial charge < -0.3 is 14.6 Å². The molecule has 3 rings (SSSR count). The molecule has 1 aromatic heterocycles. The van der Waals surface area contributed by atoms with Crippen molar-refractivity contribution < 1.29 is 9.21 Å². The van der Waals surface area contributed by atoms with Gasteiger partial charge in [0.2, 0.25) is 5.91 Å². The summed E-state index contributed by atoms with van der Waals surface area (Å²) >= 11 is 0. The molecule has 1 aliphatic heterocycles. The van der Waals surface area contributed by atoms with Crippen LogP contribution >= 0.6 is 0 Å². The SMILES string of the molecule is CCC=CCC(=O)Nc1ccc2occ(C3CCN(CCC)CC3)c2c1. The average Bonchev–Trinajstić information content (AvgIpc) is 3.06. The normalized spacial score (nSPS) is 16.5. The predicted octanol–water partition coefficient (Wildman–Crippen LogP) is 5.32. The van der Waals surface area contributed by atoms with Gasteiger partial charge >= 0.3 is 0 Å². The molecule has 0 saturated carbocycles. The van der Waals surface area contributed by atoms with E-state index >= 15 is 0 Å². The van der Waals surface area contributed by atoms with Crippen molar-refractivity contribution in [2.75, 3.05) is 25.0 Å². The molecule has 2 aromatic rings. The van der Waals surface area contributed by atoms with Crippen LogP contribution in [0.3, 0.4) is 0 Å². The van der Waals surface area contributed by atoms with Crippen molar-refractivity contribution in [2.24, 2.45) is 0 Å². The Morgan fingerprint density at radius 1 is 1.27 bits per heavy atom. The van der Waals surface area contributed by atoms with E-state index in [1.165, 1.54) is 31.4 Å². The summed E-state index contributed by atoms with van der Waals surface area (Å²) in [4.78, 5) is 14.6. The Hall–Kier alpha value is -2.07. The molecule has 26 heavy (non-hydrogen) atoms. The molecule has 1 saturated heterocycles. The molecule has 4 heteroatoms. The van der Waals surface area contributed by atoms with Gasteiger partial charge in [-0.25, -0.2) is 0 Å². The minimum absolute atomic E-state index is 0.0203. The third kappa shape index (κ3) is 4.55. The van der Waals surface area contributed by atoms with Crippen LogP contribution in [0.25, 0.3) is 11.0 Å². The number of furan rings is 1. The van der Waals surface area contributed by atoms with Gasteiger partial charge in [-0.1, -0.05) is 26.0 Å². The van der Waals surface area contributed by atoms with Crippen molar-refractivity contribution in [1.82, 2.24) is 4.90 Å². The van der Waals surface area contributed by atoms with Crippen molar-refractivity contribution in [3.05, 3.63) is 42.2 Å². The van der Waals surface area contributed by atoms with Gasteiger partial charge in [0, 0.05) is 23.1 Å². The van der Waals surface area contributed by atoms with Crippen LogP contribution in [0.15, 0.2) is 41.0 Å². The zero-order valence-corrected chi connectivity index (χ0v) is 16.0. The first kappa shape index (κ1) is 18.7. The van der Waals surface area contributed by atoms with Crippen LogP contribution in [0, 0.1) is 0 Å². The maximum Gasteiger partial charge on any atom is 0.228 e. The second kappa shape index (κ2) is 9.04. The third-order valence-corrected chi connectivity index (χ3v) is 5.16. The Balaban J connectivity index is 1.70. The number of fused-ring (bicyclic) bond motifs is 1. The lowest BCUT2D eigenvalue weighted by atomic mass is 9.89. The van der Waals surface area contributed by atoms with Crippen molar-refractivity contribution >= 4 is 22.6 Å². The van der Waals surface area contributed by atoms with Crippen LogP contribution < -0.4 is 5.32 Å². The summed E-state index contributed by atoms with van der Waals surface area (Å²) in [5.41, 5.74) is 3.04. The molecular formula is C22H30N2O2. The van der Waals surface area contributed by atoms with Crippen molar-refractivity contribution in [1.29, 1.82) is 0 Å². The van der Waals surface area contributed by atoms with E-state index in [0.29, 0.717) is 12.3 Å². The van der Waals surface area contributed by atoms with Crippen molar-refractivity contribution in [3.8, 4) is 0 Å². The molecule has 2 heterocycles. The molecular weight excluding hydrogens is 324 g/mol. The summed E-state index contributed by atoms with van der Waals surface area (Å²) in [5, 5.41) is 4.14. The van der Waals surface area contributed by atoms with E-state index in [9.17, 15) is 4.79 Å². The highest BCUT2D eigenvalue weighted by atomic mass is 16.3. The molecule has 4 nitrogen and oxygen atoms in total. The number of allylic oxidation sites excluding steroid dienone is 1. The van der Waals surface area contributed by atoms with Crippen LogP contribution in [0.2, 0.25) is 0 Å². The summed E-state index contributed by atoms with van der Waals surface area (Å²) < 4.78 is 5.78. The summed E-state index contributed by atoms with van der Waals surface area (Å²) in [5.74, 6) is 0.565. The smallest absolute Gasteiger partial charge is 0.228 e. The fourth-order valence-corrected chi connectivity index (χ4v) is 3.80. The Bertz CT molecular complexity index is 755. The van der Waals surface area contributed by atoms with Crippen molar-refractivity contribution in [2.45, 2.75) is 51.9 Å². The minimum Gasteiger partial charge on any atom is -0.464 e. The zero-order chi connectivity index (χ0) is 18.4. The second-order valence-corrected chi connectivity index (χ2v) is 7.15. The molecule has 0 radical (unpaired) electrons. The van der Waals surface area contributed by atoms with Gasteiger partial charge in [-0.2, -0.15) is 0 Å². The monoisotopic (exact) mass is 354 g/mol. The number of benzene rings is 1. The van der Waals surface area contributed by atoms with Crippen LogP contribution in [-0.4, -0.2) is 30.4 Å². The quantitative estimate of drug-likeness (QED) is 0.685. The lowest BCUT2D eigenvalue weighted by Gasteiger charge is -2.31. The fourth-order valence-electron chi connectivity index (χ4n) is 3.80. The summed E-state index contributed by atoms with van der Waals surface area (Å²) in [7, 11) is 0. The Morgan fingerprint density at radius 2 is 2.08 bits per heavy atom. The number of hydrogen-bond acceptors (Lipinski definition) is 3. The minimum atomic E-state index is 0.0203. The second-order valence-electron chi connectivity index (χ2n) is 7.15. The average molecular weight is 354 g/mol. The highest BCUT2D eigenvalue weighted by molar-refractivity contribution is 5.94. The number of nitrogens with one attached hydrogen (secondary N) is 1. The number of likely N-dealkylation sites (tertiary alicyclic amines) is 1. The van der Waals surface area contributed by atoms with Gasteiger partial charge in [0.1, 0.15) is 5.58 Å². The Morgan fingerprint density at radius 3 is 2.81 bits per heavy atom. The maximum atomic E-state index is 12.1. The van der Waals surface area contributed by atoms with E-state index in [-0.39, 0.29) is 5.91 Å². The standard InChI is InChI=1S/C22H30N2O2/c1-3-5-6-7-22(25)23-18-8-9-21-19(15-18)20(16-26-21)17-10-13-24(12-4-2)14-11-17/h5-6,8-9,15-17H,3-4,7,10-14H2,1-2H3,(H,23,25). The lowest BCUT2D eigenvalue weighted by Crippen LogP contribution is -2.33. The highest BCUT2D eigenvalue weighted by Gasteiger charge is 2.23. The van der Waals surface area contributed by atoms with Gasteiger partial charge in [-0.15, -0.1) is 0 Å². The zero-order valence-electron chi connectivity index (χ0n) is 16.0. The molecule has 1 amide bonds. The summed E-state index contributed by atoms with van der Waals surface area (Å²) in [6.45, 7) is 7.82. The van der Waals surface area contributed by atoms with Crippen LogP contribution in [0.5, 0.6) is 0 Å². The lowest BCUT2D eigenvalue weighted by molar-refractivity contribution is -0.115. The Kier molecular flexibility index (Phi) is 6.51. The number of nitrogens with zero attached hydrogens (tertiary/aromatic N) is 1. The molecule has 0 bridgehead atoms. The topological polar surface area (TPSA) is 45.5 Å². The first-order valence-corrected chi connectivity index (χ1v) is 9.89. The van der Waals surface area contributed by atoms with E-state index in [4.69, 9.17) is 4.42 Å². The van der Waals surface area contributed by atoms with Crippen LogP contribution in [-0.2, 0) is 4.79 Å². The molecule has 0 unspecified atom stereocenters. The van der Waals surface area contributed by atoms with Gasteiger partial charge in [-0.05, 0) is 69.4 Å². The number of amides is 1. The molecule has 1 aromatic carbocycles. The van der Waals surface area contributed by atoms with Gasteiger partial charge in [0.05, 0.1) is 6.26 Å². The van der Waals surface area contributed by atoms with E-state index in [1.807, 2.05) is 30.5 Å². The number of piperidine rings is 1. The number of carbonyl (C=O) groups is 1. The first-order chi connectivity index (χ1) is 12.7. The highest BCUT2D eigenvalue weighted by Crippen LogP contribution is 2.35. The third-order valence-electron chi connectivity index (χ3n) is 5.16. The molecule has 0 aliphatic carbocycles. The Labute approximate surface area is 156 Å². The van der Waals surface area contributed by atoms with E-state index in [1.54, 1.807) is 0 Å². The van der Waals surface area contributed by atoms with Gasteiger partial charge in [0.15, 0.2) is 0 Å².